The number of anilines is 1. The van der Waals surface area contributed by atoms with Crippen molar-refractivity contribution in [2.75, 3.05) is 5.32 Å². The van der Waals surface area contributed by atoms with Gasteiger partial charge in [-0.05, 0) is 51.8 Å². The first-order valence-electron chi connectivity index (χ1n) is 8.13. The van der Waals surface area contributed by atoms with Crippen LogP contribution in [-0.2, 0) is 4.79 Å². The van der Waals surface area contributed by atoms with E-state index >= 15 is 0 Å². The van der Waals surface area contributed by atoms with Gasteiger partial charge in [0.2, 0.25) is 5.91 Å². The second kappa shape index (κ2) is 7.14. The lowest BCUT2D eigenvalue weighted by molar-refractivity contribution is -0.115. The lowest BCUT2D eigenvalue weighted by atomic mass is 10.1. The number of fused-ring (bicyclic) bond motifs is 1. The SMILES string of the molecule is Cc1nc(NC(=O)C(C)Sc2cc(C)c3cccc(C)c3n2)sc1C. The largest absolute Gasteiger partial charge is 0.301 e. The highest BCUT2D eigenvalue weighted by atomic mass is 32.2. The molecule has 0 fully saturated rings. The van der Waals surface area contributed by atoms with Gasteiger partial charge in [-0.2, -0.15) is 0 Å². The molecule has 0 bridgehead atoms. The topological polar surface area (TPSA) is 54.9 Å². The minimum atomic E-state index is -0.252. The number of aryl methyl sites for hydroxylation is 4. The van der Waals surface area contributed by atoms with E-state index in [1.54, 1.807) is 0 Å². The third-order valence-corrected chi connectivity index (χ3v) is 6.16. The van der Waals surface area contributed by atoms with Crippen molar-refractivity contribution in [1.29, 1.82) is 0 Å². The van der Waals surface area contributed by atoms with Gasteiger partial charge in [-0.1, -0.05) is 30.0 Å². The molecule has 0 aliphatic carbocycles. The number of carbonyl (C=O) groups is 1. The number of amides is 1. The monoisotopic (exact) mass is 371 g/mol. The van der Waals surface area contributed by atoms with Crippen LogP contribution in [0, 0.1) is 27.7 Å². The van der Waals surface area contributed by atoms with Crippen LogP contribution in [-0.4, -0.2) is 21.1 Å². The summed E-state index contributed by atoms with van der Waals surface area (Å²) >= 11 is 2.98. The Kier molecular flexibility index (Phi) is 5.11. The van der Waals surface area contributed by atoms with E-state index in [0.29, 0.717) is 5.13 Å². The van der Waals surface area contributed by atoms with Crippen LogP contribution in [0.15, 0.2) is 29.3 Å². The Morgan fingerprint density at radius 2 is 1.92 bits per heavy atom. The van der Waals surface area contributed by atoms with Gasteiger partial charge in [-0.3, -0.25) is 4.79 Å². The molecule has 0 aliphatic heterocycles. The summed E-state index contributed by atoms with van der Waals surface area (Å²) in [5, 5.41) is 5.34. The van der Waals surface area contributed by atoms with E-state index in [-0.39, 0.29) is 11.2 Å². The van der Waals surface area contributed by atoms with Crippen LogP contribution in [0.3, 0.4) is 0 Å². The van der Waals surface area contributed by atoms with Gasteiger partial charge in [0.25, 0.3) is 0 Å². The van der Waals surface area contributed by atoms with Crippen molar-refractivity contribution in [1.82, 2.24) is 9.97 Å². The summed E-state index contributed by atoms with van der Waals surface area (Å²) in [5.41, 5.74) is 4.29. The van der Waals surface area contributed by atoms with E-state index < -0.39 is 0 Å². The fraction of sp³-hybridized carbons (Fsp3) is 0.316. The molecule has 3 rings (SSSR count). The van der Waals surface area contributed by atoms with Gasteiger partial charge in [0, 0.05) is 10.3 Å². The summed E-state index contributed by atoms with van der Waals surface area (Å²) in [6.07, 6.45) is 0. The van der Waals surface area contributed by atoms with Crippen LogP contribution >= 0.6 is 23.1 Å². The minimum absolute atomic E-state index is 0.0527. The van der Waals surface area contributed by atoms with E-state index in [1.165, 1.54) is 28.7 Å². The average Bonchev–Trinajstić information content (AvgIpc) is 2.86. The summed E-state index contributed by atoms with van der Waals surface area (Å²) in [4.78, 5) is 22.7. The fourth-order valence-electron chi connectivity index (χ4n) is 2.56. The average molecular weight is 372 g/mol. The molecule has 1 amide bonds. The number of benzene rings is 1. The Hall–Kier alpha value is -1.92. The first-order chi connectivity index (χ1) is 11.8. The second-order valence-electron chi connectivity index (χ2n) is 6.16. The van der Waals surface area contributed by atoms with Crippen molar-refractivity contribution < 1.29 is 4.79 Å². The van der Waals surface area contributed by atoms with Gasteiger partial charge in [-0.25, -0.2) is 9.97 Å². The molecule has 6 heteroatoms. The molecule has 3 aromatic rings. The summed E-state index contributed by atoms with van der Waals surface area (Å²) < 4.78 is 0. The van der Waals surface area contributed by atoms with Crippen molar-refractivity contribution in [3.05, 3.63) is 46.0 Å². The quantitative estimate of drug-likeness (QED) is 0.653. The zero-order chi connectivity index (χ0) is 18.1. The van der Waals surface area contributed by atoms with Crippen molar-refractivity contribution in [3.63, 3.8) is 0 Å². The molecule has 1 N–H and O–H groups in total. The van der Waals surface area contributed by atoms with Crippen molar-refractivity contribution in [3.8, 4) is 0 Å². The van der Waals surface area contributed by atoms with E-state index in [4.69, 9.17) is 4.98 Å². The van der Waals surface area contributed by atoms with E-state index in [9.17, 15) is 4.79 Å². The predicted molar refractivity (Wildman–Crippen MR) is 107 cm³/mol. The molecule has 0 saturated carbocycles. The lowest BCUT2D eigenvalue weighted by Gasteiger charge is -2.12. The Morgan fingerprint density at radius 1 is 1.16 bits per heavy atom. The highest BCUT2D eigenvalue weighted by molar-refractivity contribution is 8.00. The normalized spacial score (nSPS) is 12.4. The van der Waals surface area contributed by atoms with Gasteiger partial charge < -0.3 is 5.32 Å². The summed E-state index contributed by atoms with van der Waals surface area (Å²) in [5.74, 6) is -0.0527. The second-order valence-corrected chi connectivity index (χ2v) is 8.72. The lowest BCUT2D eigenvalue weighted by Crippen LogP contribution is -2.22. The van der Waals surface area contributed by atoms with E-state index in [2.05, 4.69) is 36.3 Å². The molecule has 2 aromatic heterocycles. The first kappa shape index (κ1) is 17.9. The Morgan fingerprint density at radius 3 is 2.60 bits per heavy atom. The van der Waals surface area contributed by atoms with E-state index in [1.807, 2.05) is 32.9 Å². The number of para-hydroxylation sites is 1. The van der Waals surface area contributed by atoms with Gasteiger partial charge >= 0.3 is 0 Å². The molecule has 1 unspecified atom stereocenters. The van der Waals surface area contributed by atoms with Crippen LogP contribution in [0.25, 0.3) is 10.9 Å². The van der Waals surface area contributed by atoms with Gasteiger partial charge in [-0.15, -0.1) is 11.3 Å². The Bertz CT molecular complexity index is 930. The third kappa shape index (κ3) is 3.85. The van der Waals surface area contributed by atoms with Gasteiger partial charge in [0.1, 0.15) is 0 Å². The number of hydrogen-bond donors (Lipinski definition) is 1. The number of pyridine rings is 1. The minimum Gasteiger partial charge on any atom is -0.301 e. The first-order valence-corrected chi connectivity index (χ1v) is 9.83. The summed E-state index contributed by atoms with van der Waals surface area (Å²) in [6.45, 7) is 9.99. The highest BCUT2D eigenvalue weighted by Crippen LogP contribution is 2.29. The van der Waals surface area contributed by atoms with Crippen LogP contribution in [0.5, 0.6) is 0 Å². The van der Waals surface area contributed by atoms with Crippen LogP contribution in [0.2, 0.25) is 0 Å². The number of aromatic nitrogens is 2. The molecular weight excluding hydrogens is 350 g/mol. The standard InChI is InChI=1S/C19H21N3OS2/c1-10-7-6-8-15-11(2)9-16(21-17(10)15)24-14(5)18(23)22-19-20-12(3)13(4)25-19/h6-9,14H,1-5H3,(H,20,22,23). The number of nitrogens with zero attached hydrogens (tertiary/aromatic N) is 2. The highest BCUT2D eigenvalue weighted by Gasteiger charge is 2.18. The third-order valence-electron chi connectivity index (χ3n) is 4.15. The van der Waals surface area contributed by atoms with Gasteiger partial charge in [0.15, 0.2) is 5.13 Å². The van der Waals surface area contributed by atoms with Gasteiger partial charge in [0.05, 0.1) is 21.5 Å². The summed E-state index contributed by atoms with van der Waals surface area (Å²) in [6, 6.07) is 8.25. The zero-order valence-electron chi connectivity index (χ0n) is 15.0. The Balaban J connectivity index is 1.78. The molecule has 1 atom stereocenters. The number of hydrogen-bond acceptors (Lipinski definition) is 5. The molecule has 0 aliphatic rings. The number of carbonyl (C=O) groups excluding carboxylic acids is 1. The molecular formula is C19H21N3OS2. The smallest absolute Gasteiger partial charge is 0.239 e. The van der Waals surface area contributed by atoms with Crippen molar-refractivity contribution in [2.45, 2.75) is 44.9 Å². The van der Waals surface area contributed by atoms with Crippen molar-refractivity contribution in [2.24, 2.45) is 0 Å². The number of nitrogens with one attached hydrogen (secondary N) is 1. The van der Waals surface area contributed by atoms with Crippen LogP contribution < -0.4 is 5.32 Å². The summed E-state index contributed by atoms with van der Waals surface area (Å²) in [7, 11) is 0. The maximum absolute atomic E-state index is 12.5. The zero-order valence-corrected chi connectivity index (χ0v) is 16.6. The van der Waals surface area contributed by atoms with Crippen molar-refractivity contribution >= 4 is 45.0 Å². The number of thiazole rings is 1. The Labute approximate surface area is 156 Å². The van der Waals surface area contributed by atoms with E-state index in [0.717, 1.165) is 32.1 Å². The maximum Gasteiger partial charge on any atom is 0.239 e. The molecule has 4 nitrogen and oxygen atoms in total. The van der Waals surface area contributed by atoms with Crippen LogP contribution in [0.1, 0.15) is 28.6 Å². The molecule has 2 heterocycles. The maximum atomic E-state index is 12.5. The molecule has 25 heavy (non-hydrogen) atoms. The molecule has 0 saturated heterocycles. The molecule has 0 radical (unpaired) electrons. The molecule has 0 spiro atoms. The molecule has 130 valence electrons. The fourth-order valence-corrected chi connectivity index (χ4v) is 4.29. The molecule has 1 aromatic carbocycles. The predicted octanol–water partition coefficient (Wildman–Crippen LogP) is 5.04. The number of rotatable bonds is 4. The van der Waals surface area contributed by atoms with Crippen LogP contribution in [0.4, 0.5) is 5.13 Å². The number of thioether (sulfide) groups is 1.